The van der Waals surface area contributed by atoms with Crippen LogP contribution in [0, 0.1) is 10.1 Å². The molecule has 2 aromatic heterocycles. The molecule has 2 rings (SSSR count). The number of nitro groups is 1. The number of nitrogens with one attached hydrogen (secondary N) is 1. The van der Waals surface area contributed by atoms with Gasteiger partial charge in [-0.15, -0.1) is 0 Å². The van der Waals surface area contributed by atoms with Crippen LogP contribution in [0.25, 0.3) is 0 Å². The first-order valence-corrected chi connectivity index (χ1v) is 6.01. The molecule has 0 fully saturated rings. The molecule has 0 aromatic carbocycles. The third-order valence-corrected chi connectivity index (χ3v) is 2.90. The second kappa shape index (κ2) is 5.70. The summed E-state index contributed by atoms with van der Waals surface area (Å²) in [6.07, 6.45) is 2.71. The average molecular weight is 296 g/mol. The van der Waals surface area contributed by atoms with Crippen molar-refractivity contribution in [3.8, 4) is 0 Å². The van der Waals surface area contributed by atoms with Crippen LogP contribution in [0.3, 0.4) is 0 Å². The molecular weight excluding hydrogens is 286 g/mol. The van der Waals surface area contributed by atoms with Gasteiger partial charge < -0.3 is 9.73 Å². The molecule has 0 saturated heterocycles. The van der Waals surface area contributed by atoms with Crippen LogP contribution in [0.2, 0.25) is 5.15 Å². The van der Waals surface area contributed by atoms with Crippen molar-refractivity contribution in [2.24, 2.45) is 0 Å². The third-order valence-electron chi connectivity index (χ3n) is 2.62. The van der Waals surface area contributed by atoms with Gasteiger partial charge in [-0.3, -0.25) is 14.9 Å². The molecule has 0 aliphatic rings. The van der Waals surface area contributed by atoms with Gasteiger partial charge in [-0.05, 0) is 25.1 Å². The van der Waals surface area contributed by atoms with Gasteiger partial charge in [-0.25, -0.2) is 4.98 Å². The summed E-state index contributed by atoms with van der Waals surface area (Å²) in [4.78, 5) is 25.9. The van der Waals surface area contributed by atoms with Crippen molar-refractivity contribution in [1.29, 1.82) is 0 Å². The van der Waals surface area contributed by atoms with Crippen LogP contribution < -0.4 is 5.32 Å². The number of aromatic nitrogens is 1. The molecule has 104 valence electrons. The minimum atomic E-state index is -0.734. The molecule has 7 nitrogen and oxygen atoms in total. The summed E-state index contributed by atoms with van der Waals surface area (Å²) in [5.41, 5.74) is -0.660. The topological polar surface area (TPSA) is 98.3 Å². The molecule has 2 heterocycles. The molecule has 1 N–H and O–H groups in total. The molecule has 20 heavy (non-hydrogen) atoms. The van der Waals surface area contributed by atoms with Crippen molar-refractivity contribution in [1.82, 2.24) is 10.3 Å². The maximum Gasteiger partial charge on any atom is 0.319 e. The van der Waals surface area contributed by atoms with Crippen LogP contribution in [-0.2, 0) is 0 Å². The Balaban J connectivity index is 2.26. The standard InChI is InChI=1S/C12H10ClN3O4/c1-7(9-3-2-6-20-9)15-12(17)8-4-5-14-11(13)10(8)16(18)19/h2-7H,1H3,(H,15,17). The summed E-state index contributed by atoms with van der Waals surface area (Å²) in [6.45, 7) is 1.70. The SMILES string of the molecule is CC(NC(=O)c1ccnc(Cl)c1[N+](=O)[O-])c1ccco1. The van der Waals surface area contributed by atoms with Gasteiger partial charge in [0.05, 0.1) is 17.2 Å². The number of hydrogen-bond acceptors (Lipinski definition) is 5. The van der Waals surface area contributed by atoms with Gasteiger partial charge >= 0.3 is 5.69 Å². The number of pyridine rings is 1. The van der Waals surface area contributed by atoms with Crippen molar-refractivity contribution in [3.63, 3.8) is 0 Å². The lowest BCUT2D eigenvalue weighted by molar-refractivity contribution is -0.385. The highest BCUT2D eigenvalue weighted by Gasteiger charge is 2.26. The first kappa shape index (κ1) is 14.0. The number of amides is 1. The maximum atomic E-state index is 12.1. The first-order valence-electron chi connectivity index (χ1n) is 5.64. The molecule has 0 aliphatic carbocycles. The van der Waals surface area contributed by atoms with E-state index in [0.29, 0.717) is 5.76 Å². The van der Waals surface area contributed by atoms with Crippen LogP contribution in [0.15, 0.2) is 35.1 Å². The molecule has 0 bridgehead atoms. The number of halogens is 1. The molecule has 0 aliphatic heterocycles. The number of carbonyl (C=O) groups is 1. The maximum absolute atomic E-state index is 12.1. The normalized spacial score (nSPS) is 11.9. The number of nitrogens with zero attached hydrogens (tertiary/aromatic N) is 2. The van der Waals surface area contributed by atoms with Gasteiger partial charge in [-0.1, -0.05) is 11.6 Å². The zero-order valence-electron chi connectivity index (χ0n) is 10.4. The van der Waals surface area contributed by atoms with Crippen LogP contribution in [0.5, 0.6) is 0 Å². The van der Waals surface area contributed by atoms with Gasteiger partial charge in [0.2, 0.25) is 5.15 Å². The van der Waals surface area contributed by atoms with Gasteiger partial charge in [0.25, 0.3) is 5.91 Å². The van der Waals surface area contributed by atoms with E-state index in [9.17, 15) is 14.9 Å². The monoisotopic (exact) mass is 295 g/mol. The fourth-order valence-corrected chi connectivity index (χ4v) is 1.90. The second-order valence-electron chi connectivity index (χ2n) is 3.97. The Labute approximate surface area is 118 Å². The lowest BCUT2D eigenvalue weighted by Crippen LogP contribution is -2.27. The largest absolute Gasteiger partial charge is 0.467 e. The number of hydrogen-bond donors (Lipinski definition) is 1. The molecule has 0 spiro atoms. The minimum Gasteiger partial charge on any atom is -0.467 e. The van der Waals surface area contributed by atoms with Crippen LogP contribution in [0.1, 0.15) is 29.1 Å². The van der Waals surface area contributed by atoms with E-state index in [1.165, 1.54) is 18.5 Å². The van der Waals surface area contributed by atoms with Gasteiger partial charge in [0.15, 0.2) is 0 Å². The molecule has 1 amide bonds. The molecule has 0 saturated carbocycles. The highest BCUT2D eigenvalue weighted by molar-refractivity contribution is 6.32. The average Bonchev–Trinajstić information content (AvgIpc) is 2.91. The highest BCUT2D eigenvalue weighted by atomic mass is 35.5. The zero-order chi connectivity index (χ0) is 14.7. The lowest BCUT2D eigenvalue weighted by atomic mass is 10.2. The van der Waals surface area contributed by atoms with Crippen molar-refractivity contribution in [2.75, 3.05) is 0 Å². The lowest BCUT2D eigenvalue weighted by Gasteiger charge is -2.11. The van der Waals surface area contributed by atoms with Crippen LogP contribution in [0.4, 0.5) is 5.69 Å². The van der Waals surface area contributed by atoms with Gasteiger partial charge in [0.1, 0.15) is 11.3 Å². The van der Waals surface area contributed by atoms with E-state index in [1.54, 1.807) is 19.1 Å². The van der Waals surface area contributed by atoms with E-state index in [2.05, 4.69) is 10.3 Å². The summed E-state index contributed by atoms with van der Waals surface area (Å²) in [7, 11) is 0. The van der Waals surface area contributed by atoms with Crippen molar-refractivity contribution in [2.45, 2.75) is 13.0 Å². The fourth-order valence-electron chi connectivity index (χ4n) is 1.67. The summed E-state index contributed by atoms with van der Waals surface area (Å²) in [5, 5.41) is 13.2. The molecule has 2 aromatic rings. The smallest absolute Gasteiger partial charge is 0.319 e. The summed E-state index contributed by atoms with van der Waals surface area (Å²) >= 11 is 5.65. The molecule has 1 atom stereocenters. The zero-order valence-corrected chi connectivity index (χ0v) is 11.1. The van der Waals surface area contributed by atoms with Crippen LogP contribution >= 0.6 is 11.6 Å². The van der Waals surface area contributed by atoms with E-state index < -0.39 is 22.6 Å². The van der Waals surface area contributed by atoms with E-state index in [1.807, 2.05) is 0 Å². The van der Waals surface area contributed by atoms with Gasteiger partial charge in [-0.2, -0.15) is 0 Å². The first-order chi connectivity index (χ1) is 9.50. The predicted octanol–water partition coefficient (Wildman–Crippen LogP) is 2.73. The third kappa shape index (κ3) is 2.77. The molecular formula is C12H10ClN3O4. The van der Waals surface area contributed by atoms with Crippen molar-refractivity contribution in [3.05, 3.63) is 57.3 Å². The van der Waals surface area contributed by atoms with Crippen LogP contribution in [-0.4, -0.2) is 15.8 Å². The summed E-state index contributed by atoms with van der Waals surface area (Å²) < 4.78 is 5.15. The van der Waals surface area contributed by atoms with E-state index in [4.69, 9.17) is 16.0 Å². The Morgan fingerprint density at radius 3 is 2.90 bits per heavy atom. The Hall–Kier alpha value is -2.41. The van der Waals surface area contributed by atoms with Crippen molar-refractivity contribution < 1.29 is 14.1 Å². The number of carbonyl (C=O) groups excluding carboxylic acids is 1. The summed E-state index contributed by atoms with van der Waals surface area (Å²) in [5.74, 6) is -0.0777. The van der Waals surface area contributed by atoms with Gasteiger partial charge in [0, 0.05) is 6.20 Å². The Kier molecular flexibility index (Phi) is 3.99. The minimum absolute atomic E-state index is 0.145. The molecule has 1 unspecified atom stereocenters. The second-order valence-corrected chi connectivity index (χ2v) is 4.32. The Bertz CT molecular complexity index is 642. The molecule has 0 radical (unpaired) electrons. The Morgan fingerprint density at radius 1 is 1.55 bits per heavy atom. The van der Waals surface area contributed by atoms with E-state index in [0.717, 1.165) is 0 Å². The highest BCUT2D eigenvalue weighted by Crippen LogP contribution is 2.26. The quantitative estimate of drug-likeness (QED) is 0.531. The fraction of sp³-hybridized carbons (Fsp3) is 0.167. The van der Waals surface area contributed by atoms with Crippen molar-refractivity contribution >= 4 is 23.2 Å². The number of rotatable bonds is 4. The number of furan rings is 1. The molecule has 8 heteroatoms. The van der Waals surface area contributed by atoms with E-state index in [-0.39, 0.29) is 10.7 Å². The predicted molar refractivity (Wildman–Crippen MR) is 70.5 cm³/mol. The Morgan fingerprint density at radius 2 is 2.30 bits per heavy atom. The van der Waals surface area contributed by atoms with E-state index >= 15 is 0 Å². The summed E-state index contributed by atoms with van der Waals surface area (Å²) in [6, 6.07) is 4.20.